The van der Waals surface area contributed by atoms with Gasteiger partial charge in [-0.15, -0.1) is 10.2 Å². The Balaban J connectivity index is 2.06. The summed E-state index contributed by atoms with van der Waals surface area (Å²) in [5, 5.41) is 8.30. The molecule has 14 heteroatoms. The van der Waals surface area contributed by atoms with Gasteiger partial charge in [0.1, 0.15) is 22.5 Å². The molecule has 3 aromatic rings. The van der Waals surface area contributed by atoms with Gasteiger partial charge < -0.3 is 9.99 Å². The number of nitrogens with zero attached hydrogens (tertiary/aromatic N) is 4. The summed E-state index contributed by atoms with van der Waals surface area (Å²) in [6.45, 7) is 6.22. The summed E-state index contributed by atoms with van der Waals surface area (Å²) in [5.41, 5.74) is 1.39. The third-order valence-electron chi connectivity index (χ3n) is 4.65. The molecule has 0 saturated carbocycles. The van der Waals surface area contributed by atoms with Crippen LogP contribution in [-0.4, -0.2) is 24.0 Å². The van der Waals surface area contributed by atoms with Gasteiger partial charge in [-0.05, 0) is 30.3 Å². The summed E-state index contributed by atoms with van der Waals surface area (Å²) in [7, 11) is -2.11. The van der Waals surface area contributed by atoms with Crippen molar-refractivity contribution in [1.29, 1.82) is 0 Å². The Kier molecular flexibility index (Phi) is 8.10. The van der Waals surface area contributed by atoms with Crippen molar-refractivity contribution in [2.75, 3.05) is 4.72 Å². The second-order valence-electron chi connectivity index (χ2n) is 8.34. The standard InChI is InChI=1S/C21H22Cl2F3N7OS/c1-20(2,3)19-31-30-18(33(19)8-4-7-29-27)17-16(9-12(22)11-28-17)32-35(34)13-5-6-15(23)14(10-13)21(24,25)26/h4-7,9-11,29,32H,8,27H2,1-3H3/b7-4-. The van der Waals surface area contributed by atoms with E-state index in [1.165, 1.54) is 18.3 Å². The largest absolute Gasteiger partial charge is 0.417 e. The molecule has 2 heterocycles. The van der Waals surface area contributed by atoms with Crippen molar-refractivity contribution in [3.05, 3.63) is 64.2 Å². The number of nitrogens with one attached hydrogen (secondary N) is 2. The van der Waals surface area contributed by atoms with Crippen LogP contribution in [0.1, 0.15) is 32.2 Å². The van der Waals surface area contributed by atoms with Crippen LogP contribution in [0, 0.1) is 0 Å². The minimum absolute atomic E-state index is 0.138. The van der Waals surface area contributed by atoms with Gasteiger partial charge in [-0.1, -0.05) is 44.0 Å². The molecule has 0 aliphatic carbocycles. The van der Waals surface area contributed by atoms with E-state index in [9.17, 15) is 17.4 Å². The summed E-state index contributed by atoms with van der Waals surface area (Å²) in [4.78, 5) is 4.20. The van der Waals surface area contributed by atoms with Crippen LogP contribution in [0.5, 0.6) is 0 Å². The third kappa shape index (κ3) is 6.31. The number of rotatable bonds is 7. The van der Waals surface area contributed by atoms with E-state index in [0.29, 0.717) is 18.2 Å². The summed E-state index contributed by atoms with van der Waals surface area (Å²) < 4.78 is 57.3. The number of nitrogens with two attached hydrogens (primary N) is 1. The maximum absolute atomic E-state index is 13.3. The van der Waals surface area contributed by atoms with Crippen molar-refractivity contribution in [3.63, 3.8) is 0 Å². The van der Waals surface area contributed by atoms with E-state index in [-0.39, 0.29) is 26.7 Å². The maximum Gasteiger partial charge on any atom is 0.417 e. The number of alkyl halides is 3. The molecule has 1 unspecified atom stereocenters. The lowest BCUT2D eigenvalue weighted by atomic mass is 9.95. The lowest BCUT2D eigenvalue weighted by molar-refractivity contribution is -0.137. The van der Waals surface area contributed by atoms with E-state index in [4.69, 9.17) is 29.0 Å². The quantitative estimate of drug-likeness (QED) is 0.281. The molecule has 4 N–H and O–H groups in total. The van der Waals surface area contributed by atoms with Gasteiger partial charge in [0.2, 0.25) is 0 Å². The van der Waals surface area contributed by atoms with E-state index in [2.05, 4.69) is 25.3 Å². The molecule has 0 fully saturated rings. The number of aromatic nitrogens is 4. The first-order valence-corrected chi connectivity index (χ1v) is 12.0. The Morgan fingerprint density at radius 2 is 1.89 bits per heavy atom. The first-order valence-electron chi connectivity index (χ1n) is 10.1. The second kappa shape index (κ2) is 10.5. The normalized spacial score (nSPS) is 13.3. The number of anilines is 1. The van der Waals surface area contributed by atoms with Gasteiger partial charge in [0.25, 0.3) is 0 Å². The number of hydrazine groups is 1. The molecule has 0 spiro atoms. The minimum Gasteiger partial charge on any atom is -0.332 e. The second-order valence-corrected chi connectivity index (χ2v) is 10.4. The highest BCUT2D eigenvalue weighted by molar-refractivity contribution is 7.86. The summed E-state index contributed by atoms with van der Waals surface area (Å²) in [6, 6.07) is 4.47. The summed E-state index contributed by atoms with van der Waals surface area (Å²) in [5.74, 6) is 6.29. The zero-order valence-electron chi connectivity index (χ0n) is 18.8. The van der Waals surface area contributed by atoms with Gasteiger partial charge in [0, 0.05) is 24.4 Å². The molecule has 0 amide bonds. The van der Waals surface area contributed by atoms with E-state index in [1.54, 1.807) is 16.8 Å². The van der Waals surface area contributed by atoms with Crippen LogP contribution < -0.4 is 16.0 Å². The van der Waals surface area contributed by atoms with Crippen LogP contribution in [0.4, 0.5) is 18.9 Å². The van der Waals surface area contributed by atoms with Crippen LogP contribution in [0.3, 0.4) is 0 Å². The van der Waals surface area contributed by atoms with Crippen molar-refractivity contribution < 1.29 is 17.4 Å². The van der Waals surface area contributed by atoms with E-state index >= 15 is 0 Å². The molecule has 0 bridgehead atoms. The van der Waals surface area contributed by atoms with E-state index < -0.39 is 27.7 Å². The van der Waals surface area contributed by atoms with Gasteiger partial charge in [-0.3, -0.25) is 10.6 Å². The Hall–Kier alpha value is -2.67. The Morgan fingerprint density at radius 3 is 2.51 bits per heavy atom. The molecule has 35 heavy (non-hydrogen) atoms. The molecule has 0 saturated heterocycles. The van der Waals surface area contributed by atoms with Gasteiger partial charge >= 0.3 is 6.18 Å². The van der Waals surface area contributed by atoms with Gasteiger partial charge in [-0.2, -0.15) is 13.2 Å². The lowest BCUT2D eigenvalue weighted by Crippen LogP contribution is -2.20. The van der Waals surface area contributed by atoms with E-state index in [0.717, 1.165) is 12.1 Å². The SMILES string of the molecule is CC(C)(C)c1nnc(-c2ncc(Cl)cc2NS(=O)c2ccc(Cl)c(C(F)(F)F)c2)n1C/C=C\NN. The first kappa shape index (κ1) is 26.9. The molecule has 0 aliphatic rings. The minimum atomic E-state index is -4.70. The maximum atomic E-state index is 13.3. The van der Waals surface area contributed by atoms with Crippen molar-refractivity contribution in [1.82, 2.24) is 25.2 Å². The van der Waals surface area contributed by atoms with Crippen molar-refractivity contribution in [2.24, 2.45) is 5.84 Å². The summed E-state index contributed by atoms with van der Waals surface area (Å²) in [6.07, 6.45) is -0.0397. The topological polar surface area (TPSA) is 111 Å². The molecule has 0 aliphatic heterocycles. The fourth-order valence-electron chi connectivity index (χ4n) is 3.12. The molecule has 8 nitrogen and oxygen atoms in total. The summed E-state index contributed by atoms with van der Waals surface area (Å²) >= 11 is 11.8. The number of halogens is 5. The van der Waals surface area contributed by atoms with Gasteiger partial charge in [-0.25, -0.2) is 9.19 Å². The number of hydrogen-bond donors (Lipinski definition) is 3. The highest BCUT2D eigenvalue weighted by atomic mass is 35.5. The molecular formula is C21H22Cl2F3N7OS. The monoisotopic (exact) mass is 547 g/mol. The highest BCUT2D eigenvalue weighted by Crippen LogP contribution is 2.36. The number of allylic oxidation sites excluding steroid dienone is 1. The van der Waals surface area contributed by atoms with Crippen molar-refractivity contribution in [3.8, 4) is 11.5 Å². The lowest BCUT2D eigenvalue weighted by Gasteiger charge is -2.19. The Labute approximate surface area is 212 Å². The fourth-order valence-corrected chi connectivity index (χ4v) is 4.40. The first-order chi connectivity index (χ1) is 16.3. The molecule has 1 aromatic carbocycles. The number of pyridine rings is 1. The Morgan fingerprint density at radius 1 is 1.17 bits per heavy atom. The zero-order chi connectivity index (χ0) is 26.0. The van der Waals surface area contributed by atoms with Crippen molar-refractivity contribution >= 4 is 39.9 Å². The predicted octanol–water partition coefficient (Wildman–Crippen LogP) is 5.07. The van der Waals surface area contributed by atoms with Crippen LogP contribution in [-0.2, 0) is 29.1 Å². The van der Waals surface area contributed by atoms with Crippen LogP contribution in [0.15, 0.2) is 47.6 Å². The Bertz CT molecular complexity index is 1270. The smallest absolute Gasteiger partial charge is 0.332 e. The molecule has 188 valence electrons. The van der Waals surface area contributed by atoms with Gasteiger partial charge in [0.05, 0.1) is 26.2 Å². The zero-order valence-corrected chi connectivity index (χ0v) is 21.1. The predicted molar refractivity (Wildman–Crippen MR) is 130 cm³/mol. The molecule has 3 rings (SSSR count). The average Bonchev–Trinajstić information content (AvgIpc) is 3.17. The highest BCUT2D eigenvalue weighted by Gasteiger charge is 2.34. The van der Waals surface area contributed by atoms with Crippen LogP contribution >= 0.6 is 23.2 Å². The van der Waals surface area contributed by atoms with Crippen LogP contribution in [0.25, 0.3) is 11.5 Å². The third-order valence-corrected chi connectivity index (χ3v) is 6.27. The van der Waals surface area contributed by atoms with E-state index in [1.807, 2.05) is 20.8 Å². The number of benzene rings is 1. The molecule has 1 atom stereocenters. The molecule has 2 aromatic heterocycles. The van der Waals surface area contributed by atoms with Crippen LogP contribution in [0.2, 0.25) is 10.0 Å². The molecular weight excluding hydrogens is 526 g/mol. The average molecular weight is 548 g/mol. The van der Waals surface area contributed by atoms with Gasteiger partial charge in [0.15, 0.2) is 5.82 Å². The fraction of sp³-hybridized carbons (Fsp3) is 0.286. The number of hydrogen-bond acceptors (Lipinski definition) is 6. The molecule has 0 radical (unpaired) electrons. The van der Waals surface area contributed by atoms with Crippen molar-refractivity contribution in [2.45, 2.75) is 43.8 Å².